The van der Waals surface area contributed by atoms with Crippen LogP contribution in [0.15, 0.2) is 101 Å². The van der Waals surface area contributed by atoms with E-state index in [9.17, 15) is 9.59 Å². The molecule has 0 bridgehead atoms. The van der Waals surface area contributed by atoms with Crippen LogP contribution < -0.4 is 22.2 Å². The molecule has 250 valence electrons. The van der Waals surface area contributed by atoms with E-state index in [2.05, 4.69) is 65.6 Å². The van der Waals surface area contributed by atoms with Crippen molar-refractivity contribution < 1.29 is 14.1 Å². The first-order valence-corrected chi connectivity index (χ1v) is 16.4. The number of aryl methyl sites for hydroxylation is 1. The number of nitrogens with one attached hydrogen (secondary N) is 2. The van der Waals surface area contributed by atoms with Gasteiger partial charge in [-0.3, -0.25) is 14.6 Å². The summed E-state index contributed by atoms with van der Waals surface area (Å²) in [5.74, 6) is 6.65. The fourth-order valence-electron chi connectivity index (χ4n) is 6.13. The highest BCUT2D eigenvalue weighted by molar-refractivity contribution is 7.74. The molecule has 1 unspecified atom stereocenters. The summed E-state index contributed by atoms with van der Waals surface area (Å²) in [7, 11) is 0. The second-order valence-corrected chi connectivity index (χ2v) is 12.0. The summed E-state index contributed by atoms with van der Waals surface area (Å²) in [6.45, 7) is 8.11. The van der Waals surface area contributed by atoms with Crippen molar-refractivity contribution in [3.05, 3.63) is 119 Å². The first-order chi connectivity index (χ1) is 22.8. The van der Waals surface area contributed by atoms with Gasteiger partial charge in [0.2, 0.25) is 5.91 Å². The van der Waals surface area contributed by atoms with E-state index in [0.29, 0.717) is 29.7 Å². The number of aromatic nitrogens is 1. The van der Waals surface area contributed by atoms with E-state index in [1.54, 1.807) is 0 Å². The van der Waals surface area contributed by atoms with Crippen LogP contribution in [0.4, 0.5) is 0 Å². The fraction of sp³-hybridized carbons (Fsp3) is 0.351. The van der Waals surface area contributed by atoms with Gasteiger partial charge >= 0.3 is 0 Å². The molecule has 2 amide bonds. The van der Waals surface area contributed by atoms with Gasteiger partial charge in [-0.25, -0.2) is 0 Å². The minimum Gasteiger partial charge on any atom is -0.384 e. The Morgan fingerprint density at radius 3 is 2.60 bits per heavy atom. The van der Waals surface area contributed by atoms with Gasteiger partial charge in [-0.1, -0.05) is 61.3 Å². The first kappa shape index (κ1) is 37.1. The van der Waals surface area contributed by atoms with Crippen molar-refractivity contribution in [1.29, 1.82) is 0 Å². The Balaban J connectivity index is 0.00000294. The SMILES string of the molecule is C=CC(=C\c1nc(C)cc(C(=O)NC2=CC=CCC=C2)c1C)/C1=C/C=CC(C2CCC(CC(=O)NC/C(N)=N/N)CC2)C/C=C\1.OS. The lowest BCUT2D eigenvalue weighted by Crippen LogP contribution is -2.35. The third-order valence-electron chi connectivity index (χ3n) is 8.71. The van der Waals surface area contributed by atoms with E-state index in [0.717, 1.165) is 72.3 Å². The van der Waals surface area contributed by atoms with Crippen LogP contribution in [0.5, 0.6) is 0 Å². The molecule has 3 aliphatic rings. The fourth-order valence-corrected chi connectivity index (χ4v) is 6.13. The van der Waals surface area contributed by atoms with Crippen molar-refractivity contribution in [3.8, 4) is 0 Å². The van der Waals surface area contributed by atoms with Gasteiger partial charge in [0.1, 0.15) is 5.84 Å². The van der Waals surface area contributed by atoms with Crippen LogP contribution in [0.3, 0.4) is 0 Å². The molecule has 1 heterocycles. The summed E-state index contributed by atoms with van der Waals surface area (Å²) >= 11 is 2.53. The third-order valence-corrected chi connectivity index (χ3v) is 8.71. The number of thiol groups is 1. The number of hydrazone groups is 1. The highest BCUT2D eigenvalue weighted by atomic mass is 32.1. The molecule has 1 atom stereocenters. The lowest BCUT2D eigenvalue weighted by Gasteiger charge is -2.32. The number of allylic oxidation sites excluding steroid dienone is 13. The lowest BCUT2D eigenvalue weighted by molar-refractivity contribution is -0.122. The van der Waals surface area contributed by atoms with Crippen LogP contribution in [0.1, 0.15) is 72.3 Å². The van der Waals surface area contributed by atoms with Crippen LogP contribution in [0, 0.1) is 31.6 Å². The quantitative estimate of drug-likeness (QED) is 0.0326. The maximum Gasteiger partial charge on any atom is 0.256 e. The maximum absolute atomic E-state index is 13.2. The largest absolute Gasteiger partial charge is 0.384 e. The number of hydrogen-bond acceptors (Lipinski definition) is 7. The van der Waals surface area contributed by atoms with E-state index in [-0.39, 0.29) is 24.2 Å². The molecule has 3 aliphatic carbocycles. The number of nitrogens with zero attached hydrogens (tertiary/aromatic N) is 2. The second kappa shape index (κ2) is 19.3. The number of nitrogens with two attached hydrogens (primary N) is 2. The number of amides is 2. The molecule has 10 heteroatoms. The van der Waals surface area contributed by atoms with Crippen LogP contribution in [0.25, 0.3) is 6.08 Å². The van der Waals surface area contributed by atoms with Gasteiger partial charge in [0.25, 0.3) is 5.91 Å². The predicted molar refractivity (Wildman–Crippen MR) is 195 cm³/mol. The van der Waals surface area contributed by atoms with Crippen LogP contribution in [-0.2, 0) is 4.79 Å². The number of hydrogen-bond donors (Lipinski definition) is 6. The Hall–Kier alpha value is -4.41. The van der Waals surface area contributed by atoms with Gasteiger partial charge in [0, 0.05) is 23.4 Å². The van der Waals surface area contributed by atoms with E-state index < -0.39 is 0 Å². The van der Waals surface area contributed by atoms with Crippen molar-refractivity contribution in [2.24, 2.45) is 34.4 Å². The zero-order valence-corrected chi connectivity index (χ0v) is 28.3. The average molecular weight is 657 g/mol. The Labute approximate surface area is 284 Å². The second-order valence-electron chi connectivity index (χ2n) is 12.0. The highest BCUT2D eigenvalue weighted by Crippen LogP contribution is 2.37. The number of pyridine rings is 1. The summed E-state index contributed by atoms with van der Waals surface area (Å²) in [6, 6.07) is 1.83. The topological polar surface area (TPSA) is 156 Å². The Kier molecular flexibility index (Phi) is 15.2. The Morgan fingerprint density at radius 1 is 1.11 bits per heavy atom. The molecule has 1 aromatic heterocycles. The van der Waals surface area contributed by atoms with Crippen molar-refractivity contribution >= 4 is 36.6 Å². The zero-order chi connectivity index (χ0) is 34.2. The molecule has 0 saturated heterocycles. The highest BCUT2D eigenvalue weighted by Gasteiger charge is 2.27. The van der Waals surface area contributed by atoms with E-state index in [4.69, 9.17) is 21.1 Å². The molecule has 47 heavy (non-hydrogen) atoms. The third kappa shape index (κ3) is 11.4. The minimum absolute atomic E-state index is 0.000630. The predicted octanol–water partition coefficient (Wildman–Crippen LogP) is 6.39. The molecule has 1 saturated carbocycles. The molecule has 9 nitrogen and oxygen atoms in total. The normalized spacial score (nSPS) is 23.0. The molecule has 1 fully saturated rings. The van der Waals surface area contributed by atoms with Crippen molar-refractivity contribution in [2.45, 2.75) is 58.8 Å². The molecular weight excluding hydrogens is 609 g/mol. The zero-order valence-electron chi connectivity index (χ0n) is 27.4. The number of amidine groups is 1. The Morgan fingerprint density at radius 2 is 1.87 bits per heavy atom. The van der Waals surface area contributed by atoms with E-state index >= 15 is 0 Å². The number of carbonyl (C=O) groups excluding carboxylic acids is 2. The summed E-state index contributed by atoms with van der Waals surface area (Å²) in [5.41, 5.74) is 11.3. The standard InChI is InChI=1S/C37H46N6O2.H2OS/c1-4-28(23-34-26(3)33(21-25(2)41-34)37(45)42-32-15-7-5-6-8-16-32)29-11-9-13-30(14-10-12-29)31-19-17-27(18-20-31)22-36(44)40-24-35(38)43-39;1-2/h4-5,7-13,15-16,21,23,27,30-31H,1,6,14,17-20,22,24,39H2,2-3H3,(H2,38,43)(H,40,44)(H,42,45);1-2H/b12-10-,13-9?,28-23+,29-11+;. The van der Waals surface area contributed by atoms with Gasteiger partial charge in [-0.05, 0) is 124 Å². The monoisotopic (exact) mass is 656 g/mol. The molecule has 7 N–H and O–H groups in total. The van der Waals surface area contributed by atoms with Gasteiger partial charge in [0.15, 0.2) is 0 Å². The van der Waals surface area contributed by atoms with Crippen LogP contribution >= 0.6 is 12.9 Å². The summed E-state index contributed by atoms with van der Waals surface area (Å²) in [6.07, 6.45) is 31.3. The Bertz CT molecular complexity index is 1520. The van der Waals surface area contributed by atoms with E-state index in [1.807, 2.05) is 62.4 Å². The van der Waals surface area contributed by atoms with Gasteiger partial charge in [0.05, 0.1) is 12.2 Å². The lowest BCUT2D eigenvalue weighted by atomic mass is 9.73. The van der Waals surface area contributed by atoms with Crippen molar-refractivity contribution in [2.75, 3.05) is 6.54 Å². The van der Waals surface area contributed by atoms with Gasteiger partial charge in [-0.15, -0.1) is 0 Å². The van der Waals surface area contributed by atoms with Gasteiger partial charge < -0.3 is 26.8 Å². The molecule has 1 aromatic rings. The van der Waals surface area contributed by atoms with E-state index in [1.165, 1.54) is 0 Å². The van der Waals surface area contributed by atoms with Crippen LogP contribution in [0.2, 0.25) is 0 Å². The first-order valence-electron chi connectivity index (χ1n) is 16.0. The molecule has 0 spiro atoms. The molecule has 0 aliphatic heterocycles. The van der Waals surface area contributed by atoms with Crippen LogP contribution in [-0.4, -0.2) is 33.7 Å². The van der Waals surface area contributed by atoms with Crippen molar-refractivity contribution in [1.82, 2.24) is 15.6 Å². The van der Waals surface area contributed by atoms with Crippen molar-refractivity contribution in [3.63, 3.8) is 0 Å². The number of rotatable bonds is 10. The molecule has 4 rings (SSSR count). The number of carbonyl (C=O) groups is 2. The summed E-state index contributed by atoms with van der Waals surface area (Å²) < 4.78 is 6.69. The molecular formula is C37H48N6O3S. The molecule has 0 aromatic carbocycles. The minimum atomic E-state index is -0.155. The smallest absolute Gasteiger partial charge is 0.256 e. The molecule has 0 radical (unpaired) electrons. The maximum atomic E-state index is 13.2. The van der Waals surface area contributed by atoms with Gasteiger partial charge in [-0.2, -0.15) is 5.10 Å². The summed E-state index contributed by atoms with van der Waals surface area (Å²) in [5, 5.41) is 9.21. The average Bonchev–Trinajstić information content (AvgIpc) is 3.34. The summed E-state index contributed by atoms with van der Waals surface area (Å²) in [4.78, 5) is 30.3.